The minimum Gasteiger partial charge on any atom is -0.343 e. The Kier molecular flexibility index (Phi) is 3.83. The highest BCUT2D eigenvalue weighted by atomic mass is 19.1. The summed E-state index contributed by atoms with van der Waals surface area (Å²) in [6.07, 6.45) is 1.34. The van der Waals surface area contributed by atoms with Gasteiger partial charge in [-0.1, -0.05) is 19.4 Å². The summed E-state index contributed by atoms with van der Waals surface area (Å²) in [7, 11) is 0. The minimum absolute atomic E-state index is 0.126. The van der Waals surface area contributed by atoms with Gasteiger partial charge < -0.3 is 5.32 Å². The number of rotatable bonds is 3. The summed E-state index contributed by atoms with van der Waals surface area (Å²) in [5.41, 5.74) is 1.03. The number of benzene rings is 1. The number of hydrogen-bond donors (Lipinski definition) is 1. The first-order valence-corrected chi connectivity index (χ1v) is 6.39. The van der Waals surface area contributed by atoms with Crippen LogP contribution in [0.1, 0.15) is 25.3 Å². The number of halogens is 1. The second kappa shape index (κ2) is 5.38. The summed E-state index contributed by atoms with van der Waals surface area (Å²) in [4.78, 5) is 25.2. The Bertz CT molecular complexity index is 516. The molecule has 1 saturated heterocycles. The van der Waals surface area contributed by atoms with Gasteiger partial charge in [-0.25, -0.2) is 4.39 Å². The third-order valence-electron chi connectivity index (χ3n) is 3.17. The van der Waals surface area contributed by atoms with Gasteiger partial charge in [-0.05, 0) is 31.0 Å². The van der Waals surface area contributed by atoms with Crippen LogP contribution in [0.5, 0.6) is 0 Å². The van der Waals surface area contributed by atoms with Crippen LogP contribution in [0.3, 0.4) is 0 Å². The van der Waals surface area contributed by atoms with Gasteiger partial charge in [0.2, 0.25) is 11.8 Å². The van der Waals surface area contributed by atoms with Gasteiger partial charge >= 0.3 is 0 Å². The fraction of sp³-hybridized carbons (Fsp3) is 0.429. The zero-order valence-electron chi connectivity index (χ0n) is 11.1. The Morgan fingerprint density at radius 3 is 2.84 bits per heavy atom. The highest BCUT2D eigenvalue weighted by Gasteiger charge is 2.33. The second-order valence-corrected chi connectivity index (χ2v) is 4.79. The summed E-state index contributed by atoms with van der Waals surface area (Å²) in [6.45, 7) is 3.63. The zero-order chi connectivity index (χ0) is 14.0. The Hall–Kier alpha value is -1.91. The minimum atomic E-state index is -0.550. The van der Waals surface area contributed by atoms with Gasteiger partial charge in [0.1, 0.15) is 18.4 Å². The van der Waals surface area contributed by atoms with Gasteiger partial charge in [0.05, 0.1) is 5.69 Å². The van der Waals surface area contributed by atoms with Crippen LogP contribution in [-0.4, -0.2) is 24.4 Å². The molecule has 0 aliphatic carbocycles. The normalized spacial score (nSPS) is 19.5. The molecular weight excluding hydrogens is 247 g/mol. The molecule has 1 atom stereocenters. The van der Waals surface area contributed by atoms with Crippen LogP contribution in [0.4, 0.5) is 10.1 Å². The lowest BCUT2D eigenvalue weighted by atomic mass is 10.1. The molecule has 19 heavy (non-hydrogen) atoms. The van der Waals surface area contributed by atoms with Crippen LogP contribution in [0, 0.1) is 12.7 Å². The fourth-order valence-corrected chi connectivity index (χ4v) is 2.23. The van der Waals surface area contributed by atoms with E-state index in [1.807, 2.05) is 13.8 Å². The zero-order valence-corrected chi connectivity index (χ0v) is 11.1. The Labute approximate surface area is 111 Å². The number of anilines is 1. The molecule has 1 fully saturated rings. The number of hydrogen-bond acceptors (Lipinski definition) is 2. The maximum atomic E-state index is 13.8. The molecule has 0 aromatic heterocycles. The van der Waals surface area contributed by atoms with Crippen molar-refractivity contribution in [2.45, 2.75) is 32.7 Å². The van der Waals surface area contributed by atoms with Crippen molar-refractivity contribution in [1.82, 2.24) is 5.32 Å². The molecule has 0 saturated carbocycles. The molecule has 1 aliphatic heterocycles. The molecule has 1 aromatic rings. The Morgan fingerprint density at radius 2 is 2.16 bits per heavy atom. The summed E-state index contributed by atoms with van der Waals surface area (Å²) in [6, 6.07) is 4.00. The molecule has 1 aliphatic rings. The van der Waals surface area contributed by atoms with E-state index in [0.29, 0.717) is 6.42 Å². The van der Waals surface area contributed by atoms with Gasteiger partial charge in [-0.2, -0.15) is 0 Å². The molecule has 1 heterocycles. The first kappa shape index (κ1) is 13.5. The first-order valence-electron chi connectivity index (χ1n) is 6.39. The molecule has 1 N–H and O–H groups in total. The maximum absolute atomic E-state index is 13.8. The number of piperazine rings is 1. The van der Waals surface area contributed by atoms with E-state index in [1.54, 1.807) is 12.1 Å². The average molecular weight is 264 g/mol. The summed E-state index contributed by atoms with van der Waals surface area (Å²) in [5.74, 6) is -0.978. The quantitative estimate of drug-likeness (QED) is 0.904. The summed E-state index contributed by atoms with van der Waals surface area (Å²) in [5, 5.41) is 2.65. The van der Waals surface area contributed by atoms with E-state index in [-0.39, 0.29) is 24.0 Å². The van der Waals surface area contributed by atoms with E-state index in [1.165, 1.54) is 11.0 Å². The lowest BCUT2D eigenvalue weighted by Gasteiger charge is -2.32. The largest absolute Gasteiger partial charge is 0.343 e. The van der Waals surface area contributed by atoms with E-state index in [9.17, 15) is 14.0 Å². The van der Waals surface area contributed by atoms with Gasteiger partial charge in [-0.3, -0.25) is 14.5 Å². The molecule has 0 spiro atoms. The van der Waals surface area contributed by atoms with Gasteiger partial charge in [-0.15, -0.1) is 0 Å². The molecule has 0 bridgehead atoms. The Morgan fingerprint density at radius 1 is 1.42 bits per heavy atom. The SMILES string of the molecule is CCCC1NC(=O)CN(c2cc(C)ccc2F)C1=O. The standard InChI is InChI=1S/C14H17FN2O2/c1-3-4-11-14(19)17(8-13(18)16-11)12-7-9(2)5-6-10(12)15/h5-7,11H,3-4,8H2,1-2H3,(H,16,18). The number of amides is 2. The van der Waals surface area contributed by atoms with E-state index in [0.717, 1.165) is 12.0 Å². The van der Waals surface area contributed by atoms with Crippen LogP contribution in [-0.2, 0) is 9.59 Å². The average Bonchev–Trinajstić information content (AvgIpc) is 2.37. The van der Waals surface area contributed by atoms with Crippen LogP contribution in [0.25, 0.3) is 0 Å². The highest BCUT2D eigenvalue weighted by molar-refractivity contribution is 6.06. The summed E-state index contributed by atoms with van der Waals surface area (Å²) < 4.78 is 13.8. The molecule has 0 radical (unpaired) electrons. The van der Waals surface area contributed by atoms with Crippen LogP contribution in [0.2, 0.25) is 0 Å². The van der Waals surface area contributed by atoms with Crippen molar-refractivity contribution in [1.29, 1.82) is 0 Å². The molecule has 2 rings (SSSR count). The predicted octanol–water partition coefficient (Wildman–Crippen LogP) is 1.77. The van der Waals surface area contributed by atoms with Crippen LogP contribution < -0.4 is 10.2 Å². The van der Waals surface area contributed by atoms with Crippen molar-refractivity contribution < 1.29 is 14.0 Å². The third kappa shape index (κ3) is 2.75. The fourth-order valence-electron chi connectivity index (χ4n) is 2.23. The monoisotopic (exact) mass is 264 g/mol. The second-order valence-electron chi connectivity index (χ2n) is 4.79. The molecule has 1 unspecified atom stereocenters. The van der Waals surface area contributed by atoms with Gasteiger partial charge in [0.25, 0.3) is 0 Å². The molecule has 5 heteroatoms. The highest BCUT2D eigenvalue weighted by Crippen LogP contribution is 2.23. The van der Waals surface area contributed by atoms with Crippen molar-refractivity contribution in [2.75, 3.05) is 11.4 Å². The molecular formula is C14H17FN2O2. The number of nitrogens with one attached hydrogen (secondary N) is 1. The lowest BCUT2D eigenvalue weighted by molar-refractivity contribution is -0.131. The van der Waals surface area contributed by atoms with Gasteiger partial charge in [0.15, 0.2) is 0 Å². The van der Waals surface area contributed by atoms with E-state index >= 15 is 0 Å². The van der Waals surface area contributed by atoms with Crippen molar-refractivity contribution in [2.24, 2.45) is 0 Å². The summed E-state index contributed by atoms with van der Waals surface area (Å²) >= 11 is 0. The van der Waals surface area contributed by atoms with Crippen LogP contribution >= 0.6 is 0 Å². The van der Waals surface area contributed by atoms with Crippen molar-refractivity contribution in [3.8, 4) is 0 Å². The topological polar surface area (TPSA) is 49.4 Å². The molecule has 102 valence electrons. The molecule has 2 amide bonds. The number of nitrogens with zero attached hydrogens (tertiary/aromatic N) is 1. The van der Waals surface area contributed by atoms with E-state index in [2.05, 4.69) is 5.32 Å². The van der Waals surface area contributed by atoms with Crippen LogP contribution in [0.15, 0.2) is 18.2 Å². The third-order valence-corrected chi connectivity index (χ3v) is 3.17. The maximum Gasteiger partial charge on any atom is 0.250 e. The van der Waals surface area contributed by atoms with Crippen molar-refractivity contribution >= 4 is 17.5 Å². The number of carbonyl (C=O) groups is 2. The molecule has 1 aromatic carbocycles. The number of carbonyl (C=O) groups excluding carboxylic acids is 2. The molecule has 4 nitrogen and oxygen atoms in total. The van der Waals surface area contributed by atoms with Crippen molar-refractivity contribution in [3.63, 3.8) is 0 Å². The Balaban J connectivity index is 2.34. The number of aryl methyl sites for hydroxylation is 1. The van der Waals surface area contributed by atoms with E-state index < -0.39 is 11.9 Å². The van der Waals surface area contributed by atoms with E-state index in [4.69, 9.17) is 0 Å². The van der Waals surface area contributed by atoms with Gasteiger partial charge in [0, 0.05) is 0 Å². The smallest absolute Gasteiger partial charge is 0.250 e. The van der Waals surface area contributed by atoms with Crippen molar-refractivity contribution in [3.05, 3.63) is 29.6 Å². The first-order chi connectivity index (χ1) is 9.02. The predicted molar refractivity (Wildman–Crippen MR) is 70.3 cm³/mol. The lowest BCUT2D eigenvalue weighted by Crippen LogP contribution is -2.58.